The Morgan fingerprint density at radius 2 is 1.55 bits per heavy atom. The van der Waals surface area contributed by atoms with Gasteiger partial charge in [-0.1, -0.05) is 6.07 Å². The molecular weight excluding hydrogens is 536 g/mol. The Balaban J connectivity index is 1.63. The number of hydrogen-bond acceptors (Lipinski definition) is 14. The number of phenols is 2. The van der Waals surface area contributed by atoms with Gasteiger partial charge < -0.3 is 64.2 Å². The molecule has 1 heterocycles. The van der Waals surface area contributed by atoms with Crippen molar-refractivity contribution in [1.82, 2.24) is 0 Å². The number of esters is 1. The fraction of sp³-hybridized carbons (Fsp3) is 0.423. The predicted molar refractivity (Wildman–Crippen MR) is 135 cm³/mol. The van der Waals surface area contributed by atoms with Crippen LogP contribution in [0.2, 0.25) is 0 Å². The molecule has 0 saturated carbocycles. The molecule has 0 spiro atoms. The lowest BCUT2D eigenvalue weighted by Gasteiger charge is -2.40. The van der Waals surface area contributed by atoms with E-state index in [-0.39, 0.29) is 34.3 Å². The highest BCUT2D eigenvalue weighted by Crippen LogP contribution is 2.37. The molecule has 1 saturated heterocycles. The van der Waals surface area contributed by atoms with Crippen LogP contribution in [0.15, 0.2) is 36.4 Å². The van der Waals surface area contributed by atoms with Gasteiger partial charge in [-0.2, -0.15) is 0 Å². The zero-order valence-electron chi connectivity index (χ0n) is 21.8. The van der Waals surface area contributed by atoms with Crippen LogP contribution in [-0.2, 0) is 19.0 Å². The number of carbonyl (C=O) groups is 1. The van der Waals surface area contributed by atoms with Crippen molar-refractivity contribution in [2.75, 3.05) is 27.9 Å². The van der Waals surface area contributed by atoms with Gasteiger partial charge in [0.25, 0.3) is 0 Å². The van der Waals surface area contributed by atoms with Crippen molar-refractivity contribution < 1.29 is 69.0 Å². The van der Waals surface area contributed by atoms with E-state index >= 15 is 0 Å². The Labute approximate surface area is 228 Å². The highest BCUT2D eigenvalue weighted by atomic mass is 16.8. The Hall–Kier alpha value is -3.63. The van der Waals surface area contributed by atoms with Crippen LogP contribution in [0.25, 0.3) is 6.08 Å². The van der Waals surface area contributed by atoms with Crippen molar-refractivity contribution in [3.63, 3.8) is 0 Å². The number of carbonyl (C=O) groups excluding carboxylic acids is 1. The maximum atomic E-state index is 12.3. The first-order chi connectivity index (χ1) is 19.0. The van der Waals surface area contributed by atoms with Crippen molar-refractivity contribution in [2.45, 2.75) is 43.1 Å². The molecule has 220 valence electrons. The highest BCUT2D eigenvalue weighted by Gasteiger charge is 2.46. The van der Waals surface area contributed by atoms with Gasteiger partial charge >= 0.3 is 5.97 Å². The maximum absolute atomic E-state index is 12.3. The minimum atomic E-state index is -1.98. The van der Waals surface area contributed by atoms with E-state index in [0.717, 1.165) is 6.08 Å². The molecule has 0 amide bonds. The molecule has 7 atom stereocenters. The van der Waals surface area contributed by atoms with Crippen LogP contribution in [-0.4, -0.2) is 107 Å². The van der Waals surface area contributed by atoms with E-state index < -0.39 is 55.7 Å². The Morgan fingerprint density at radius 1 is 0.925 bits per heavy atom. The molecule has 7 N–H and O–H groups in total. The average Bonchev–Trinajstić information content (AvgIpc) is 2.95. The van der Waals surface area contributed by atoms with E-state index in [9.17, 15) is 40.5 Å². The fourth-order valence-electron chi connectivity index (χ4n) is 3.81. The first kappa shape index (κ1) is 30.9. The molecule has 0 radical (unpaired) electrons. The van der Waals surface area contributed by atoms with Crippen LogP contribution < -0.4 is 14.2 Å². The van der Waals surface area contributed by atoms with Crippen LogP contribution in [0, 0.1) is 0 Å². The largest absolute Gasteiger partial charge is 0.504 e. The van der Waals surface area contributed by atoms with E-state index in [1.807, 2.05) is 0 Å². The molecule has 0 bridgehead atoms. The van der Waals surface area contributed by atoms with Gasteiger partial charge in [0.1, 0.15) is 37.1 Å². The SMILES string of the molecule is COc1cc([C@H](O)[C@H](O)O[C@@H]2O[C@H](COC(=O)C=Cc3cc(OC)c(O)c(OC)c3)[C@@H](O)[C@H](O)[C@H]2O)ccc1O. The summed E-state index contributed by atoms with van der Waals surface area (Å²) in [7, 11) is 3.98. The third-order valence-corrected chi connectivity index (χ3v) is 6.06. The van der Waals surface area contributed by atoms with E-state index in [2.05, 4.69) is 0 Å². The minimum absolute atomic E-state index is 0.0239. The molecule has 1 aliphatic rings. The van der Waals surface area contributed by atoms with Gasteiger partial charge in [0.2, 0.25) is 5.75 Å². The van der Waals surface area contributed by atoms with E-state index in [1.165, 1.54) is 57.7 Å². The lowest BCUT2D eigenvalue weighted by molar-refractivity contribution is -0.342. The second-order valence-electron chi connectivity index (χ2n) is 8.65. The van der Waals surface area contributed by atoms with Crippen molar-refractivity contribution in [3.8, 4) is 28.7 Å². The van der Waals surface area contributed by atoms with Crippen LogP contribution in [0.4, 0.5) is 0 Å². The molecule has 0 unspecified atom stereocenters. The molecule has 14 nitrogen and oxygen atoms in total. The quantitative estimate of drug-likeness (QED) is 0.104. The van der Waals surface area contributed by atoms with Crippen LogP contribution in [0.3, 0.4) is 0 Å². The summed E-state index contributed by atoms with van der Waals surface area (Å²) >= 11 is 0. The van der Waals surface area contributed by atoms with Gasteiger partial charge in [0.15, 0.2) is 35.6 Å². The number of aliphatic hydroxyl groups is 5. The second-order valence-corrected chi connectivity index (χ2v) is 8.65. The minimum Gasteiger partial charge on any atom is -0.504 e. The summed E-state index contributed by atoms with van der Waals surface area (Å²) in [5.74, 6) is -1.03. The number of ether oxygens (including phenoxy) is 6. The highest BCUT2D eigenvalue weighted by molar-refractivity contribution is 5.87. The number of hydrogen-bond donors (Lipinski definition) is 7. The number of phenolic OH excluding ortho intramolecular Hbond substituents is 2. The second kappa shape index (κ2) is 13.6. The molecule has 3 rings (SSSR count). The van der Waals surface area contributed by atoms with E-state index in [1.54, 1.807) is 0 Å². The molecule has 0 aliphatic carbocycles. The molecule has 0 aromatic heterocycles. The standard InChI is InChI=1S/C26H32O14/c1-35-15-10-13(5-6-14(15)27)20(29)25(34)40-26-24(33)23(32)22(31)18(39-26)11-38-19(28)7-4-12-8-16(36-2)21(30)17(9-12)37-3/h4-10,18,20,22-27,29-34H,11H2,1-3H3/t18-,20+,22-,23+,24-,25-,26+/m1/s1. The third kappa shape index (κ3) is 7.11. The number of benzene rings is 2. The smallest absolute Gasteiger partial charge is 0.330 e. The molecule has 40 heavy (non-hydrogen) atoms. The summed E-state index contributed by atoms with van der Waals surface area (Å²) in [6.45, 7) is -0.579. The van der Waals surface area contributed by atoms with Gasteiger partial charge in [-0.15, -0.1) is 0 Å². The van der Waals surface area contributed by atoms with Gasteiger partial charge in [-0.05, 0) is 41.5 Å². The lowest BCUT2D eigenvalue weighted by atomic mass is 9.99. The lowest BCUT2D eigenvalue weighted by Crippen LogP contribution is -2.60. The van der Waals surface area contributed by atoms with Crippen molar-refractivity contribution in [2.24, 2.45) is 0 Å². The van der Waals surface area contributed by atoms with E-state index in [4.69, 9.17) is 28.4 Å². The summed E-state index contributed by atoms with van der Waals surface area (Å²) < 4.78 is 30.8. The number of aromatic hydroxyl groups is 2. The van der Waals surface area contributed by atoms with Crippen LogP contribution in [0.1, 0.15) is 17.2 Å². The fourth-order valence-corrected chi connectivity index (χ4v) is 3.81. The monoisotopic (exact) mass is 568 g/mol. The first-order valence-corrected chi connectivity index (χ1v) is 11.9. The molecule has 14 heteroatoms. The van der Waals surface area contributed by atoms with Crippen molar-refractivity contribution in [1.29, 1.82) is 0 Å². The van der Waals surface area contributed by atoms with Crippen molar-refractivity contribution >= 4 is 12.0 Å². The molecular formula is C26H32O14. The van der Waals surface area contributed by atoms with Gasteiger partial charge in [-0.3, -0.25) is 0 Å². The summed E-state index contributed by atoms with van der Waals surface area (Å²) in [6, 6.07) is 6.67. The Bertz CT molecular complexity index is 1160. The normalized spacial score (nSPS) is 24.4. The van der Waals surface area contributed by atoms with Gasteiger partial charge in [-0.25, -0.2) is 4.79 Å². The Morgan fingerprint density at radius 3 is 2.15 bits per heavy atom. The third-order valence-electron chi connectivity index (χ3n) is 6.06. The molecule has 1 aliphatic heterocycles. The number of aliphatic hydroxyl groups excluding tert-OH is 5. The maximum Gasteiger partial charge on any atom is 0.330 e. The topological polar surface area (TPSA) is 214 Å². The summed E-state index contributed by atoms with van der Waals surface area (Å²) in [5.41, 5.74) is 0.525. The predicted octanol–water partition coefficient (Wildman–Crippen LogP) is -0.444. The van der Waals surface area contributed by atoms with Crippen LogP contribution in [0.5, 0.6) is 28.7 Å². The number of rotatable bonds is 11. The van der Waals surface area contributed by atoms with Crippen LogP contribution >= 0.6 is 0 Å². The zero-order chi connectivity index (χ0) is 29.6. The summed E-state index contributed by atoms with van der Waals surface area (Å²) in [4.78, 5) is 12.3. The van der Waals surface area contributed by atoms with Gasteiger partial charge in [0, 0.05) is 6.08 Å². The van der Waals surface area contributed by atoms with E-state index in [0.29, 0.717) is 5.56 Å². The Kier molecular flexibility index (Phi) is 10.5. The van der Waals surface area contributed by atoms with Gasteiger partial charge in [0.05, 0.1) is 21.3 Å². The summed E-state index contributed by atoms with van der Waals surface area (Å²) in [5, 5.41) is 71.3. The zero-order valence-corrected chi connectivity index (χ0v) is 21.8. The van der Waals surface area contributed by atoms with Crippen molar-refractivity contribution in [3.05, 3.63) is 47.5 Å². The molecule has 2 aromatic rings. The molecule has 1 fully saturated rings. The first-order valence-electron chi connectivity index (χ1n) is 11.9. The molecule has 2 aromatic carbocycles. The number of methoxy groups -OCH3 is 3. The summed E-state index contributed by atoms with van der Waals surface area (Å²) in [6.07, 6.45) is -9.73. The average molecular weight is 569 g/mol.